The van der Waals surface area contributed by atoms with Crippen LogP contribution in [0, 0.1) is 0 Å². The molecule has 2 heterocycles. The van der Waals surface area contributed by atoms with Gasteiger partial charge in [0.25, 0.3) is 0 Å². The Bertz CT molecular complexity index is 897. The third-order valence-electron chi connectivity index (χ3n) is 3.10. The zero-order valence-corrected chi connectivity index (χ0v) is 14.9. The van der Waals surface area contributed by atoms with Gasteiger partial charge in [-0.2, -0.15) is 0 Å². The van der Waals surface area contributed by atoms with E-state index >= 15 is 0 Å². The van der Waals surface area contributed by atoms with E-state index in [1.807, 2.05) is 18.2 Å². The van der Waals surface area contributed by atoms with Crippen LogP contribution in [0.3, 0.4) is 0 Å². The molecule has 2 aromatic heterocycles. The van der Waals surface area contributed by atoms with Gasteiger partial charge in [0.05, 0.1) is 28.3 Å². The van der Waals surface area contributed by atoms with Gasteiger partial charge in [-0.1, -0.05) is 17.4 Å². The van der Waals surface area contributed by atoms with Crippen molar-refractivity contribution >= 4 is 38.4 Å². The van der Waals surface area contributed by atoms with Gasteiger partial charge in [-0.15, -0.1) is 0 Å². The maximum Gasteiger partial charge on any atom is 0.223 e. The molecule has 0 aliphatic rings. The van der Waals surface area contributed by atoms with Gasteiger partial charge < -0.3 is 10.6 Å². The summed E-state index contributed by atoms with van der Waals surface area (Å²) in [5.74, 6) is 0.615. The van der Waals surface area contributed by atoms with Gasteiger partial charge in [-0.05, 0) is 32.9 Å². The lowest BCUT2D eigenvalue weighted by atomic mass is 10.1. The molecule has 3 aromatic rings. The van der Waals surface area contributed by atoms with Gasteiger partial charge in [0.1, 0.15) is 5.82 Å². The van der Waals surface area contributed by atoms with Crippen molar-refractivity contribution in [2.75, 3.05) is 10.6 Å². The highest BCUT2D eigenvalue weighted by atomic mass is 32.1. The molecule has 0 saturated heterocycles. The van der Waals surface area contributed by atoms with Gasteiger partial charge in [-0.25, -0.2) is 9.97 Å². The third-order valence-corrected chi connectivity index (χ3v) is 4.04. The van der Waals surface area contributed by atoms with E-state index in [2.05, 4.69) is 46.4 Å². The predicted octanol–water partition coefficient (Wildman–Crippen LogP) is 3.92. The topological polar surface area (TPSA) is 79.8 Å². The zero-order valence-electron chi connectivity index (χ0n) is 14.0. The lowest BCUT2D eigenvalue weighted by Gasteiger charge is -2.21. The Morgan fingerprint density at radius 3 is 2.67 bits per heavy atom. The summed E-state index contributed by atoms with van der Waals surface area (Å²) in [6.07, 6.45) is 3.46. The summed E-state index contributed by atoms with van der Waals surface area (Å²) in [5.41, 5.74) is 2.53. The number of aromatic nitrogens is 3. The Morgan fingerprint density at radius 1 is 1.17 bits per heavy atom. The Kier molecular flexibility index (Phi) is 4.19. The van der Waals surface area contributed by atoms with Crippen LogP contribution in [-0.2, 0) is 4.79 Å². The minimum Gasteiger partial charge on any atom is -0.364 e. The highest BCUT2D eigenvalue weighted by Crippen LogP contribution is 2.30. The summed E-state index contributed by atoms with van der Waals surface area (Å²) >= 11 is 1.44. The quantitative estimate of drug-likeness (QED) is 0.755. The number of carbonyl (C=O) groups excluding carboxylic acids is 1. The molecule has 0 aliphatic carbocycles. The number of rotatable bonds is 3. The summed E-state index contributed by atoms with van der Waals surface area (Å²) in [7, 11) is 0. The first kappa shape index (κ1) is 16.3. The summed E-state index contributed by atoms with van der Waals surface area (Å²) in [6.45, 7) is 7.71. The molecule has 7 heteroatoms. The second-order valence-corrected chi connectivity index (χ2v) is 7.58. The van der Waals surface area contributed by atoms with Crippen LogP contribution in [0.25, 0.3) is 21.5 Å². The Morgan fingerprint density at radius 2 is 1.96 bits per heavy atom. The van der Waals surface area contributed by atoms with Crippen LogP contribution in [0.2, 0.25) is 0 Å². The predicted molar refractivity (Wildman–Crippen MR) is 98.3 cm³/mol. The van der Waals surface area contributed by atoms with Crippen molar-refractivity contribution in [3.63, 3.8) is 0 Å². The fourth-order valence-electron chi connectivity index (χ4n) is 2.24. The van der Waals surface area contributed by atoms with Crippen molar-refractivity contribution in [2.45, 2.75) is 33.2 Å². The second kappa shape index (κ2) is 6.16. The van der Waals surface area contributed by atoms with Crippen LogP contribution in [0.15, 0.2) is 30.6 Å². The minimum atomic E-state index is -0.124. The molecule has 124 valence electrons. The van der Waals surface area contributed by atoms with E-state index in [0.717, 1.165) is 27.3 Å². The van der Waals surface area contributed by atoms with Crippen molar-refractivity contribution in [1.82, 2.24) is 15.0 Å². The van der Waals surface area contributed by atoms with Gasteiger partial charge in [0, 0.05) is 18.0 Å². The van der Waals surface area contributed by atoms with Crippen molar-refractivity contribution < 1.29 is 4.79 Å². The molecule has 1 aromatic carbocycles. The molecule has 2 N–H and O–H groups in total. The number of carbonyl (C=O) groups is 1. The largest absolute Gasteiger partial charge is 0.364 e. The van der Waals surface area contributed by atoms with Gasteiger partial charge >= 0.3 is 0 Å². The number of amides is 1. The molecule has 0 bridgehead atoms. The maximum absolute atomic E-state index is 11.2. The van der Waals surface area contributed by atoms with E-state index < -0.39 is 0 Å². The summed E-state index contributed by atoms with van der Waals surface area (Å²) in [5, 5.41) is 6.64. The molecule has 0 fully saturated rings. The Balaban J connectivity index is 1.94. The molecule has 0 atom stereocenters. The molecule has 1 amide bonds. The van der Waals surface area contributed by atoms with Crippen LogP contribution in [0.1, 0.15) is 27.7 Å². The molecular formula is C17H19N5OS. The average molecular weight is 341 g/mol. The molecule has 6 nitrogen and oxygen atoms in total. The first-order chi connectivity index (χ1) is 11.3. The third kappa shape index (κ3) is 3.86. The molecular weight excluding hydrogens is 322 g/mol. The first-order valence-electron chi connectivity index (χ1n) is 7.59. The fraction of sp³-hybridized carbons (Fsp3) is 0.294. The lowest BCUT2D eigenvalue weighted by molar-refractivity contribution is -0.114. The molecule has 0 aliphatic heterocycles. The van der Waals surface area contributed by atoms with E-state index in [4.69, 9.17) is 0 Å². The van der Waals surface area contributed by atoms with Crippen molar-refractivity contribution in [3.05, 3.63) is 30.6 Å². The number of benzene rings is 1. The minimum absolute atomic E-state index is 0.0812. The number of fused-ring (bicyclic) bond motifs is 1. The van der Waals surface area contributed by atoms with E-state index in [9.17, 15) is 4.79 Å². The molecule has 3 rings (SSSR count). The standard InChI is InChI=1S/C17H19N5OS/c1-10(23)19-16-21-12-6-5-11(7-14(12)24-16)13-8-18-9-15(20-13)22-17(2,3)4/h5-9H,1-4H3,(H,20,22)(H,19,21,23). The van der Waals surface area contributed by atoms with Crippen LogP contribution in [0.4, 0.5) is 10.9 Å². The number of nitrogens with one attached hydrogen (secondary N) is 2. The fourth-order valence-corrected chi connectivity index (χ4v) is 3.19. The van der Waals surface area contributed by atoms with Crippen LogP contribution < -0.4 is 10.6 Å². The van der Waals surface area contributed by atoms with Gasteiger partial charge in [0.2, 0.25) is 5.91 Å². The number of thiazole rings is 1. The van der Waals surface area contributed by atoms with Crippen LogP contribution >= 0.6 is 11.3 Å². The number of hydrogen-bond donors (Lipinski definition) is 2. The van der Waals surface area contributed by atoms with Crippen molar-refractivity contribution in [1.29, 1.82) is 0 Å². The number of hydrogen-bond acceptors (Lipinski definition) is 6. The Labute approximate surface area is 144 Å². The first-order valence-corrected chi connectivity index (χ1v) is 8.41. The monoisotopic (exact) mass is 341 g/mol. The summed E-state index contributed by atoms with van der Waals surface area (Å²) in [4.78, 5) is 24.5. The molecule has 0 spiro atoms. The molecule has 0 saturated carbocycles. The average Bonchev–Trinajstić information content (AvgIpc) is 2.85. The highest BCUT2D eigenvalue weighted by molar-refractivity contribution is 7.22. The van der Waals surface area contributed by atoms with E-state index in [-0.39, 0.29) is 11.4 Å². The van der Waals surface area contributed by atoms with E-state index in [1.165, 1.54) is 18.3 Å². The lowest BCUT2D eigenvalue weighted by Crippen LogP contribution is -2.26. The molecule has 0 unspecified atom stereocenters. The van der Waals surface area contributed by atoms with Gasteiger partial charge in [0.15, 0.2) is 5.13 Å². The Hall–Kier alpha value is -2.54. The molecule has 24 heavy (non-hydrogen) atoms. The SMILES string of the molecule is CC(=O)Nc1nc2ccc(-c3cncc(NC(C)(C)C)n3)cc2s1. The van der Waals surface area contributed by atoms with Crippen LogP contribution in [0.5, 0.6) is 0 Å². The highest BCUT2D eigenvalue weighted by Gasteiger charge is 2.12. The summed E-state index contributed by atoms with van der Waals surface area (Å²) in [6, 6.07) is 5.91. The van der Waals surface area contributed by atoms with Crippen LogP contribution in [-0.4, -0.2) is 26.4 Å². The van der Waals surface area contributed by atoms with E-state index in [0.29, 0.717) is 5.13 Å². The maximum atomic E-state index is 11.2. The molecule has 0 radical (unpaired) electrons. The number of nitrogens with zero attached hydrogens (tertiary/aromatic N) is 3. The van der Waals surface area contributed by atoms with Gasteiger partial charge in [-0.3, -0.25) is 9.78 Å². The number of anilines is 2. The zero-order chi connectivity index (χ0) is 17.3. The van der Waals surface area contributed by atoms with Crippen molar-refractivity contribution in [2.24, 2.45) is 0 Å². The second-order valence-electron chi connectivity index (χ2n) is 6.55. The van der Waals surface area contributed by atoms with E-state index in [1.54, 1.807) is 12.4 Å². The normalized spacial score (nSPS) is 11.5. The summed E-state index contributed by atoms with van der Waals surface area (Å²) < 4.78 is 0.993. The van der Waals surface area contributed by atoms with Crippen molar-refractivity contribution in [3.8, 4) is 11.3 Å². The smallest absolute Gasteiger partial charge is 0.223 e.